The van der Waals surface area contributed by atoms with Gasteiger partial charge in [0.25, 0.3) is 0 Å². The normalized spacial score (nSPS) is 17.6. The fraction of sp³-hybridized carbons (Fsp3) is 0.200. The molecule has 8 nitrogen and oxygen atoms in total. The second-order valence-corrected chi connectivity index (χ2v) is 7.69. The lowest BCUT2D eigenvalue weighted by Gasteiger charge is -2.21. The van der Waals surface area contributed by atoms with Gasteiger partial charge in [0.15, 0.2) is 11.5 Å². The molecule has 8 heteroatoms. The molecule has 2 heterocycles. The van der Waals surface area contributed by atoms with Gasteiger partial charge in [-0.05, 0) is 23.8 Å². The van der Waals surface area contributed by atoms with Gasteiger partial charge in [-0.2, -0.15) is 0 Å². The molecule has 0 aromatic heterocycles. The van der Waals surface area contributed by atoms with Crippen molar-refractivity contribution >= 4 is 17.7 Å². The minimum atomic E-state index is -0.574. The smallest absolute Gasteiger partial charge is 0.408 e. The minimum Gasteiger partial charge on any atom is -0.460 e. The quantitative estimate of drug-likeness (QED) is 0.552. The summed E-state index contributed by atoms with van der Waals surface area (Å²) in [6.07, 6.45) is -0.574. The third kappa shape index (κ3) is 4.55. The van der Waals surface area contributed by atoms with E-state index in [4.69, 9.17) is 18.9 Å². The van der Waals surface area contributed by atoms with E-state index in [1.54, 1.807) is 24.3 Å². The first-order valence-corrected chi connectivity index (χ1v) is 10.6. The lowest BCUT2D eigenvalue weighted by atomic mass is 10.0. The highest BCUT2D eigenvalue weighted by Crippen LogP contribution is 2.44. The van der Waals surface area contributed by atoms with E-state index in [0.29, 0.717) is 17.1 Å². The zero-order valence-corrected chi connectivity index (χ0v) is 17.7. The van der Waals surface area contributed by atoms with Crippen LogP contribution in [0.5, 0.6) is 11.5 Å². The molecule has 0 unspecified atom stereocenters. The summed E-state index contributed by atoms with van der Waals surface area (Å²) in [7, 11) is 0. The molecule has 33 heavy (non-hydrogen) atoms. The monoisotopic (exact) mass is 446 g/mol. The second kappa shape index (κ2) is 9.12. The van der Waals surface area contributed by atoms with Crippen LogP contribution in [0.15, 0.2) is 72.8 Å². The molecule has 3 aromatic carbocycles. The summed E-state index contributed by atoms with van der Waals surface area (Å²) in [4.78, 5) is 25.0. The number of nitrogens with one attached hydrogen (secondary N) is 2. The van der Waals surface area contributed by atoms with Crippen LogP contribution in [-0.4, -0.2) is 31.5 Å². The molecule has 0 fully saturated rings. The van der Waals surface area contributed by atoms with Crippen molar-refractivity contribution in [3.8, 4) is 11.5 Å². The molecule has 3 aromatic rings. The van der Waals surface area contributed by atoms with Gasteiger partial charge in [-0.25, -0.2) is 9.59 Å². The van der Waals surface area contributed by atoms with Crippen LogP contribution in [0.3, 0.4) is 0 Å². The lowest BCUT2D eigenvalue weighted by molar-refractivity contribution is 0.0477. The topological polar surface area (TPSA) is 95.1 Å². The highest BCUT2D eigenvalue weighted by atomic mass is 16.7. The summed E-state index contributed by atoms with van der Waals surface area (Å²) in [5.41, 5.74) is 2.92. The lowest BCUT2D eigenvalue weighted by Crippen LogP contribution is -2.39. The molecule has 168 valence electrons. The molecule has 2 aliphatic rings. The predicted octanol–water partition coefficient (Wildman–Crippen LogP) is 4.03. The van der Waals surface area contributed by atoms with E-state index >= 15 is 0 Å². The largest absolute Gasteiger partial charge is 0.460 e. The zero-order chi connectivity index (χ0) is 22.6. The number of ether oxygens (including phenoxy) is 4. The van der Waals surface area contributed by atoms with Crippen molar-refractivity contribution in [2.24, 2.45) is 0 Å². The average molecular weight is 446 g/mol. The van der Waals surface area contributed by atoms with Gasteiger partial charge in [-0.3, -0.25) is 0 Å². The SMILES string of the molecule is O=C(N[C@H]1c2cc3c(cc2N[C@@H]1COC(=O)c1ccccc1)OCO3)OCc1ccccc1. The van der Waals surface area contributed by atoms with Crippen molar-refractivity contribution in [2.45, 2.75) is 18.7 Å². The van der Waals surface area contributed by atoms with Crippen LogP contribution in [0.2, 0.25) is 0 Å². The number of rotatable bonds is 6. The summed E-state index contributed by atoms with van der Waals surface area (Å²) in [6, 6.07) is 20.9. The fourth-order valence-electron chi connectivity index (χ4n) is 3.87. The number of esters is 1. The molecule has 5 rings (SSSR count). The number of hydrogen-bond donors (Lipinski definition) is 2. The number of carbonyl (C=O) groups excluding carboxylic acids is 2. The van der Waals surface area contributed by atoms with E-state index in [9.17, 15) is 9.59 Å². The first kappa shape index (κ1) is 20.7. The fourth-order valence-corrected chi connectivity index (χ4v) is 3.87. The van der Waals surface area contributed by atoms with Crippen LogP contribution >= 0.6 is 0 Å². The standard InChI is InChI=1S/C25H22N2O6/c28-24(17-9-5-2-6-10-17)30-14-20-23(27-25(29)31-13-16-7-3-1-4-8-16)18-11-21-22(33-15-32-21)12-19(18)26-20/h1-12,20,23,26H,13-15H2,(H,27,29)/t20-,23+/m1/s1. The van der Waals surface area contributed by atoms with Crippen molar-refractivity contribution in [2.75, 3.05) is 18.7 Å². The van der Waals surface area contributed by atoms with E-state index in [-0.39, 0.29) is 20.0 Å². The van der Waals surface area contributed by atoms with Gasteiger partial charge in [0.1, 0.15) is 13.2 Å². The summed E-state index contributed by atoms with van der Waals surface area (Å²) in [5.74, 6) is 0.781. The molecule has 0 bridgehead atoms. The minimum absolute atomic E-state index is 0.0401. The third-order valence-electron chi connectivity index (χ3n) is 5.51. The molecular formula is C25H22N2O6. The second-order valence-electron chi connectivity index (χ2n) is 7.69. The van der Waals surface area contributed by atoms with E-state index in [1.807, 2.05) is 48.5 Å². The van der Waals surface area contributed by atoms with E-state index < -0.39 is 24.1 Å². The summed E-state index contributed by atoms with van der Waals surface area (Å²) in [5, 5.41) is 6.22. The van der Waals surface area contributed by atoms with E-state index in [2.05, 4.69) is 10.6 Å². The Morgan fingerprint density at radius 1 is 0.939 bits per heavy atom. The van der Waals surface area contributed by atoms with Gasteiger partial charge in [0.05, 0.1) is 17.6 Å². The number of anilines is 1. The number of hydrogen-bond acceptors (Lipinski definition) is 7. The first-order chi connectivity index (χ1) is 16.2. The Hall–Kier alpha value is -4.20. The highest BCUT2D eigenvalue weighted by Gasteiger charge is 2.37. The predicted molar refractivity (Wildman–Crippen MR) is 119 cm³/mol. The number of amides is 1. The van der Waals surface area contributed by atoms with Crippen LogP contribution in [0.25, 0.3) is 0 Å². The number of benzene rings is 3. The average Bonchev–Trinajstić information content (AvgIpc) is 3.44. The molecule has 2 atom stereocenters. The van der Waals surface area contributed by atoms with Crippen molar-refractivity contribution in [3.05, 3.63) is 89.5 Å². The van der Waals surface area contributed by atoms with Gasteiger partial charge in [-0.1, -0.05) is 48.5 Å². The molecule has 2 N–H and O–H groups in total. The maximum Gasteiger partial charge on any atom is 0.408 e. The van der Waals surface area contributed by atoms with Crippen LogP contribution in [0.1, 0.15) is 27.5 Å². The van der Waals surface area contributed by atoms with Crippen LogP contribution in [0, 0.1) is 0 Å². The molecular weight excluding hydrogens is 424 g/mol. The number of carbonyl (C=O) groups is 2. The van der Waals surface area contributed by atoms with Gasteiger partial charge < -0.3 is 29.6 Å². The Kier molecular flexibility index (Phi) is 5.72. The zero-order valence-electron chi connectivity index (χ0n) is 17.7. The molecule has 0 radical (unpaired) electrons. The van der Waals surface area contributed by atoms with Crippen molar-refractivity contribution in [1.29, 1.82) is 0 Å². The third-order valence-corrected chi connectivity index (χ3v) is 5.51. The molecule has 1 amide bonds. The Morgan fingerprint density at radius 2 is 1.64 bits per heavy atom. The van der Waals surface area contributed by atoms with Crippen LogP contribution in [-0.2, 0) is 16.1 Å². The first-order valence-electron chi connectivity index (χ1n) is 10.6. The number of alkyl carbamates (subject to hydrolysis) is 1. The molecule has 0 aliphatic carbocycles. The van der Waals surface area contributed by atoms with Gasteiger partial charge in [0.2, 0.25) is 6.79 Å². The van der Waals surface area contributed by atoms with Crippen LogP contribution in [0.4, 0.5) is 10.5 Å². The molecule has 0 saturated carbocycles. The molecule has 0 saturated heterocycles. The van der Waals surface area contributed by atoms with Crippen molar-refractivity contribution in [3.63, 3.8) is 0 Å². The van der Waals surface area contributed by atoms with Gasteiger partial charge in [-0.15, -0.1) is 0 Å². The summed E-state index contributed by atoms with van der Waals surface area (Å²) in [6.45, 7) is 0.334. The van der Waals surface area contributed by atoms with Gasteiger partial charge in [0, 0.05) is 17.3 Å². The Bertz CT molecular complexity index is 1150. The maximum atomic E-state index is 12.6. The maximum absolute atomic E-state index is 12.6. The van der Waals surface area contributed by atoms with E-state index in [0.717, 1.165) is 16.8 Å². The summed E-state index contributed by atoms with van der Waals surface area (Å²) >= 11 is 0. The highest BCUT2D eigenvalue weighted by molar-refractivity contribution is 5.89. The van der Waals surface area contributed by atoms with Crippen molar-refractivity contribution < 1.29 is 28.5 Å². The molecule has 0 spiro atoms. The number of fused-ring (bicyclic) bond motifs is 2. The van der Waals surface area contributed by atoms with Crippen LogP contribution < -0.4 is 20.1 Å². The van der Waals surface area contributed by atoms with Crippen molar-refractivity contribution in [1.82, 2.24) is 5.32 Å². The summed E-state index contributed by atoms with van der Waals surface area (Å²) < 4.78 is 21.9. The molecule has 2 aliphatic heterocycles. The Labute approximate surface area is 190 Å². The van der Waals surface area contributed by atoms with E-state index in [1.165, 1.54) is 0 Å². The Balaban J connectivity index is 1.30. The van der Waals surface area contributed by atoms with Gasteiger partial charge >= 0.3 is 12.1 Å². The Morgan fingerprint density at radius 3 is 2.39 bits per heavy atom.